The van der Waals surface area contributed by atoms with Crippen LogP contribution in [-0.4, -0.2) is 38.6 Å². The molecule has 0 aliphatic rings. The number of carbonyl (C=O) groups is 1. The largest absolute Gasteiger partial charge is 0.394 e. The van der Waals surface area contributed by atoms with Gasteiger partial charge in [0.05, 0.1) is 23.9 Å². The van der Waals surface area contributed by atoms with Crippen molar-refractivity contribution in [2.75, 3.05) is 17.5 Å². The molecule has 0 heterocycles. The molecule has 1 amide bonds. The number of sulfonamides is 1. The fraction of sp³-hybridized carbons (Fsp3) is 0.211. The monoisotopic (exact) mass is 426 g/mol. The number of nitrogens with zero attached hydrogens (tertiary/aromatic N) is 1. The Morgan fingerprint density at radius 3 is 2.54 bits per heavy atom. The summed E-state index contributed by atoms with van der Waals surface area (Å²) in [5, 5.41) is 11.5. The summed E-state index contributed by atoms with van der Waals surface area (Å²) in [4.78, 5) is 12.0. The van der Waals surface area contributed by atoms with Crippen LogP contribution in [0.3, 0.4) is 0 Å². The molecule has 28 heavy (non-hydrogen) atoms. The summed E-state index contributed by atoms with van der Waals surface area (Å²) < 4.78 is 40.7. The molecular formula is C19H20ClFN2O4S. The van der Waals surface area contributed by atoms with Crippen molar-refractivity contribution in [3.05, 3.63) is 71.5 Å². The molecule has 0 aliphatic carbocycles. The number of anilines is 1. The molecule has 0 saturated heterocycles. The third kappa shape index (κ3) is 4.89. The second kappa shape index (κ2) is 9.18. The van der Waals surface area contributed by atoms with Gasteiger partial charge in [-0.2, -0.15) is 0 Å². The van der Waals surface area contributed by atoms with Crippen LogP contribution in [0.2, 0.25) is 5.02 Å². The lowest BCUT2D eigenvalue weighted by Gasteiger charge is -2.24. The molecule has 2 N–H and O–H groups in total. The average Bonchev–Trinajstić information content (AvgIpc) is 2.66. The quantitative estimate of drug-likeness (QED) is 0.635. The van der Waals surface area contributed by atoms with Gasteiger partial charge in [-0.15, -0.1) is 6.58 Å². The van der Waals surface area contributed by atoms with E-state index in [4.69, 9.17) is 16.7 Å². The molecule has 2 aromatic carbocycles. The van der Waals surface area contributed by atoms with E-state index in [0.29, 0.717) is 0 Å². The number of aliphatic hydroxyl groups is 1. The third-order valence-corrected chi connectivity index (χ3v) is 6.10. The average molecular weight is 427 g/mol. The van der Waals surface area contributed by atoms with Crippen molar-refractivity contribution in [3.63, 3.8) is 0 Å². The summed E-state index contributed by atoms with van der Waals surface area (Å²) in [5.74, 6) is -1.05. The first-order valence-electron chi connectivity index (χ1n) is 8.31. The van der Waals surface area contributed by atoms with Gasteiger partial charge in [-0.25, -0.2) is 12.8 Å². The lowest BCUT2D eigenvalue weighted by Crippen LogP contribution is -2.35. The zero-order valence-corrected chi connectivity index (χ0v) is 16.7. The van der Waals surface area contributed by atoms with Gasteiger partial charge in [0.1, 0.15) is 10.7 Å². The zero-order valence-electron chi connectivity index (χ0n) is 15.1. The van der Waals surface area contributed by atoms with Gasteiger partial charge < -0.3 is 10.4 Å². The lowest BCUT2D eigenvalue weighted by molar-refractivity contribution is 0.0922. The fourth-order valence-corrected chi connectivity index (χ4v) is 4.32. The van der Waals surface area contributed by atoms with E-state index in [-0.39, 0.29) is 34.3 Å². The van der Waals surface area contributed by atoms with Crippen LogP contribution in [0.1, 0.15) is 17.3 Å². The molecule has 150 valence electrons. The molecule has 0 saturated carbocycles. The fourth-order valence-electron chi connectivity index (χ4n) is 2.38. The number of rotatable bonds is 8. The molecule has 2 rings (SSSR count). The first-order valence-corrected chi connectivity index (χ1v) is 10.1. The third-order valence-electron chi connectivity index (χ3n) is 3.82. The van der Waals surface area contributed by atoms with Crippen LogP contribution in [0.25, 0.3) is 0 Å². The van der Waals surface area contributed by atoms with Gasteiger partial charge in [0.2, 0.25) is 0 Å². The molecule has 1 unspecified atom stereocenters. The van der Waals surface area contributed by atoms with Crippen LogP contribution in [-0.2, 0) is 10.0 Å². The van der Waals surface area contributed by atoms with E-state index in [1.54, 1.807) is 6.92 Å². The minimum absolute atomic E-state index is 0.0667. The van der Waals surface area contributed by atoms with Crippen LogP contribution in [0, 0.1) is 5.82 Å². The maximum atomic E-state index is 13.2. The van der Waals surface area contributed by atoms with Gasteiger partial charge in [0.25, 0.3) is 15.9 Å². The van der Waals surface area contributed by atoms with E-state index in [0.717, 1.165) is 22.5 Å². The molecule has 0 bridgehead atoms. The van der Waals surface area contributed by atoms with Crippen molar-refractivity contribution >= 4 is 33.2 Å². The van der Waals surface area contributed by atoms with Crippen molar-refractivity contribution in [2.24, 2.45) is 0 Å². The molecular weight excluding hydrogens is 407 g/mol. The van der Waals surface area contributed by atoms with Crippen LogP contribution in [0.4, 0.5) is 10.1 Å². The highest BCUT2D eigenvalue weighted by Crippen LogP contribution is 2.29. The van der Waals surface area contributed by atoms with Crippen molar-refractivity contribution in [3.8, 4) is 0 Å². The predicted octanol–water partition coefficient (Wildman–Crippen LogP) is 2.97. The standard InChI is InChI=1S/C19H20ClFN2O4S/c1-3-10-23(16-7-5-15(21)6-8-16)28(26,27)18-11-14(4-9-17(18)20)19(25)22-13(2)12-24/h3-9,11,13,24H,1,10,12H2,2H3,(H,22,25). The molecule has 0 radical (unpaired) electrons. The number of hydrogen-bond acceptors (Lipinski definition) is 4. The van der Waals surface area contributed by atoms with Gasteiger partial charge in [-0.05, 0) is 49.4 Å². The number of halogens is 2. The minimum Gasteiger partial charge on any atom is -0.394 e. The zero-order chi connectivity index (χ0) is 20.9. The van der Waals surface area contributed by atoms with E-state index >= 15 is 0 Å². The highest BCUT2D eigenvalue weighted by atomic mass is 35.5. The van der Waals surface area contributed by atoms with Crippen molar-refractivity contribution in [1.82, 2.24) is 5.32 Å². The van der Waals surface area contributed by atoms with Crippen molar-refractivity contribution in [1.29, 1.82) is 0 Å². The Labute approximate surface area is 168 Å². The number of aliphatic hydroxyl groups excluding tert-OH is 1. The Kier molecular flexibility index (Phi) is 7.17. The van der Waals surface area contributed by atoms with E-state index in [1.807, 2.05) is 0 Å². The minimum atomic E-state index is -4.17. The van der Waals surface area contributed by atoms with E-state index < -0.39 is 27.8 Å². The summed E-state index contributed by atoms with van der Waals surface area (Å²) in [7, 11) is -4.17. The molecule has 6 nitrogen and oxygen atoms in total. The number of amides is 1. The van der Waals surface area contributed by atoms with Crippen LogP contribution >= 0.6 is 11.6 Å². The van der Waals surface area contributed by atoms with Gasteiger partial charge in [-0.3, -0.25) is 9.10 Å². The highest BCUT2D eigenvalue weighted by molar-refractivity contribution is 7.93. The van der Waals surface area contributed by atoms with E-state index in [2.05, 4.69) is 11.9 Å². The van der Waals surface area contributed by atoms with Crippen LogP contribution in [0.15, 0.2) is 60.0 Å². The Bertz CT molecular complexity index is 964. The molecule has 0 aromatic heterocycles. The molecule has 2 aromatic rings. The molecule has 9 heteroatoms. The number of carbonyl (C=O) groups excluding carboxylic acids is 1. The second-order valence-corrected chi connectivity index (χ2v) is 8.24. The molecule has 0 fully saturated rings. The van der Waals surface area contributed by atoms with Gasteiger partial charge in [0.15, 0.2) is 0 Å². The van der Waals surface area contributed by atoms with Crippen molar-refractivity contribution < 1.29 is 22.7 Å². The normalized spacial score (nSPS) is 12.3. The maximum Gasteiger partial charge on any atom is 0.266 e. The molecule has 0 aliphatic heterocycles. The van der Waals surface area contributed by atoms with Gasteiger partial charge in [0, 0.05) is 11.6 Å². The van der Waals surface area contributed by atoms with E-state index in [1.165, 1.54) is 30.3 Å². The van der Waals surface area contributed by atoms with Gasteiger partial charge in [-0.1, -0.05) is 17.7 Å². The first-order chi connectivity index (χ1) is 13.2. The van der Waals surface area contributed by atoms with Gasteiger partial charge >= 0.3 is 0 Å². The Balaban J connectivity index is 2.50. The number of nitrogens with one attached hydrogen (secondary N) is 1. The maximum absolute atomic E-state index is 13.2. The second-order valence-electron chi connectivity index (χ2n) is 6.00. The van der Waals surface area contributed by atoms with E-state index in [9.17, 15) is 17.6 Å². The number of benzene rings is 2. The summed E-state index contributed by atoms with van der Waals surface area (Å²) in [6.07, 6.45) is 1.38. The van der Waals surface area contributed by atoms with Crippen LogP contribution < -0.4 is 9.62 Å². The smallest absolute Gasteiger partial charge is 0.266 e. The molecule has 1 atom stereocenters. The molecule has 0 spiro atoms. The summed E-state index contributed by atoms with van der Waals surface area (Å²) in [5.41, 5.74) is 0.294. The Morgan fingerprint density at radius 1 is 1.32 bits per heavy atom. The number of hydrogen-bond donors (Lipinski definition) is 2. The highest BCUT2D eigenvalue weighted by Gasteiger charge is 2.27. The van der Waals surface area contributed by atoms with Crippen molar-refractivity contribution in [2.45, 2.75) is 17.9 Å². The Hall–Kier alpha value is -2.42. The summed E-state index contributed by atoms with van der Waals surface area (Å²) in [6.45, 7) is 4.82. The first kappa shape index (κ1) is 21.9. The van der Waals surface area contributed by atoms with Crippen LogP contribution in [0.5, 0.6) is 0 Å². The summed E-state index contributed by atoms with van der Waals surface area (Å²) >= 11 is 6.11. The Morgan fingerprint density at radius 2 is 1.96 bits per heavy atom. The topological polar surface area (TPSA) is 86.7 Å². The lowest BCUT2D eigenvalue weighted by atomic mass is 10.2. The predicted molar refractivity (Wildman–Crippen MR) is 107 cm³/mol. The summed E-state index contributed by atoms with van der Waals surface area (Å²) in [6, 6.07) is 8.29. The SMILES string of the molecule is C=CCN(c1ccc(F)cc1)S(=O)(=O)c1cc(C(=O)NC(C)CO)ccc1Cl.